The van der Waals surface area contributed by atoms with Gasteiger partial charge >= 0.3 is 0 Å². The average molecular weight is 398 g/mol. The molecule has 1 atom stereocenters. The molecule has 0 saturated heterocycles. The third kappa shape index (κ3) is 4.33. The summed E-state index contributed by atoms with van der Waals surface area (Å²) in [5.41, 5.74) is 1.25. The van der Waals surface area contributed by atoms with E-state index in [1.807, 2.05) is 33.9 Å². The van der Waals surface area contributed by atoms with Crippen molar-refractivity contribution in [2.75, 3.05) is 5.32 Å². The topological polar surface area (TPSA) is 90.0 Å². The van der Waals surface area contributed by atoms with Crippen molar-refractivity contribution >= 4 is 29.1 Å². The number of anilines is 1. The number of amides is 1. The van der Waals surface area contributed by atoms with Crippen molar-refractivity contribution in [3.8, 4) is 11.6 Å². The van der Waals surface area contributed by atoms with Gasteiger partial charge in [-0.1, -0.05) is 25.6 Å². The maximum atomic E-state index is 12.8. The first-order chi connectivity index (χ1) is 13.4. The fourth-order valence-electron chi connectivity index (χ4n) is 2.49. The van der Waals surface area contributed by atoms with E-state index >= 15 is 0 Å². The zero-order valence-electron chi connectivity index (χ0n) is 16.2. The van der Waals surface area contributed by atoms with Crippen LogP contribution in [-0.4, -0.2) is 31.7 Å². The van der Waals surface area contributed by atoms with Crippen LogP contribution >= 0.6 is 11.8 Å². The van der Waals surface area contributed by atoms with Gasteiger partial charge in [0.1, 0.15) is 0 Å². The molecule has 0 bridgehead atoms. The van der Waals surface area contributed by atoms with E-state index in [9.17, 15) is 9.59 Å². The summed E-state index contributed by atoms with van der Waals surface area (Å²) in [5.74, 6) is 1.05. The molecular weight excluding hydrogens is 376 g/mol. The highest BCUT2D eigenvalue weighted by Crippen LogP contribution is 2.27. The molecule has 0 aliphatic carbocycles. The van der Waals surface area contributed by atoms with Crippen LogP contribution in [0.3, 0.4) is 0 Å². The number of ketones is 1. The SMILES string of the molecule is CC(C)C(=O)Nc1ccc(C(=O)[C@@H](C)Sc2nnc(-c3ccco3)n2C)cc1. The van der Waals surface area contributed by atoms with Crippen molar-refractivity contribution in [3.63, 3.8) is 0 Å². The van der Waals surface area contributed by atoms with E-state index in [-0.39, 0.29) is 22.9 Å². The molecule has 1 amide bonds. The number of rotatable bonds is 7. The van der Waals surface area contributed by atoms with E-state index in [4.69, 9.17) is 4.42 Å². The van der Waals surface area contributed by atoms with Crippen molar-refractivity contribution in [2.24, 2.45) is 13.0 Å². The van der Waals surface area contributed by atoms with Gasteiger partial charge in [-0.05, 0) is 43.3 Å². The molecule has 0 unspecified atom stereocenters. The molecule has 146 valence electrons. The molecule has 2 aromatic heterocycles. The first-order valence-corrected chi connectivity index (χ1v) is 9.80. The van der Waals surface area contributed by atoms with Crippen LogP contribution in [0.1, 0.15) is 31.1 Å². The predicted molar refractivity (Wildman–Crippen MR) is 108 cm³/mol. The van der Waals surface area contributed by atoms with Gasteiger partial charge in [-0.2, -0.15) is 0 Å². The van der Waals surface area contributed by atoms with Gasteiger partial charge in [0.2, 0.25) is 5.91 Å². The molecule has 7 nitrogen and oxygen atoms in total. The number of thioether (sulfide) groups is 1. The molecule has 0 fully saturated rings. The molecule has 0 radical (unpaired) electrons. The Morgan fingerprint density at radius 2 is 1.82 bits per heavy atom. The van der Waals surface area contributed by atoms with Crippen molar-refractivity contribution < 1.29 is 14.0 Å². The predicted octanol–water partition coefficient (Wildman–Crippen LogP) is 4.03. The highest BCUT2D eigenvalue weighted by molar-refractivity contribution is 8.00. The molecule has 0 spiro atoms. The second kappa shape index (κ2) is 8.43. The van der Waals surface area contributed by atoms with Gasteiger partial charge in [0, 0.05) is 24.2 Å². The van der Waals surface area contributed by atoms with Crippen LogP contribution in [0.5, 0.6) is 0 Å². The molecule has 1 N–H and O–H groups in total. The van der Waals surface area contributed by atoms with Crippen LogP contribution in [0, 0.1) is 5.92 Å². The highest BCUT2D eigenvalue weighted by atomic mass is 32.2. The molecule has 28 heavy (non-hydrogen) atoms. The smallest absolute Gasteiger partial charge is 0.226 e. The molecule has 2 heterocycles. The Kier molecular flexibility index (Phi) is 5.99. The Hall–Kier alpha value is -2.87. The highest BCUT2D eigenvalue weighted by Gasteiger charge is 2.21. The second-order valence-electron chi connectivity index (χ2n) is 6.69. The number of nitrogens with one attached hydrogen (secondary N) is 1. The van der Waals surface area contributed by atoms with Crippen LogP contribution in [0.2, 0.25) is 0 Å². The van der Waals surface area contributed by atoms with E-state index in [1.54, 1.807) is 41.2 Å². The van der Waals surface area contributed by atoms with Gasteiger partial charge in [0.25, 0.3) is 0 Å². The molecular formula is C20H22N4O3S. The quantitative estimate of drug-likeness (QED) is 0.477. The Morgan fingerprint density at radius 1 is 1.11 bits per heavy atom. The average Bonchev–Trinajstić information content (AvgIpc) is 3.32. The van der Waals surface area contributed by atoms with Gasteiger partial charge in [-0.15, -0.1) is 10.2 Å². The van der Waals surface area contributed by atoms with Crippen LogP contribution in [0.25, 0.3) is 11.6 Å². The molecule has 0 aliphatic rings. The van der Waals surface area contributed by atoms with Crippen molar-refractivity contribution in [1.82, 2.24) is 14.8 Å². The number of aromatic nitrogens is 3. The van der Waals surface area contributed by atoms with E-state index in [1.165, 1.54) is 11.8 Å². The van der Waals surface area contributed by atoms with Gasteiger partial charge < -0.3 is 14.3 Å². The maximum Gasteiger partial charge on any atom is 0.226 e. The number of benzene rings is 1. The summed E-state index contributed by atoms with van der Waals surface area (Å²) in [6, 6.07) is 10.5. The van der Waals surface area contributed by atoms with Crippen LogP contribution in [-0.2, 0) is 11.8 Å². The van der Waals surface area contributed by atoms with Crippen molar-refractivity contribution in [2.45, 2.75) is 31.2 Å². The number of hydrogen-bond donors (Lipinski definition) is 1. The van der Waals surface area contributed by atoms with E-state index in [2.05, 4.69) is 15.5 Å². The molecule has 1 aromatic carbocycles. The summed E-state index contributed by atoms with van der Waals surface area (Å²) >= 11 is 1.34. The number of furan rings is 1. The molecule has 3 rings (SSSR count). The largest absolute Gasteiger partial charge is 0.461 e. The zero-order chi connectivity index (χ0) is 20.3. The van der Waals surface area contributed by atoms with Gasteiger partial charge in [-0.25, -0.2) is 0 Å². The number of Topliss-reactive ketones (excluding diaryl/α,β-unsaturated/α-hetero) is 1. The summed E-state index contributed by atoms with van der Waals surface area (Å²) in [6.45, 7) is 5.49. The van der Waals surface area contributed by atoms with E-state index in [0.717, 1.165) is 0 Å². The monoisotopic (exact) mass is 398 g/mol. The van der Waals surface area contributed by atoms with Gasteiger partial charge in [0.05, 0.1) is 11.5 Å². The summed E-state index contributed by atoms with van der Waals surface area (Å²) in [5, 5.41) is 11.4. The minimum absolute atomic E-state index is 0.0192. The summed E-state index contributed by atoms with van der Waals surface area (Å²) in [7, 11) is 1.84. The standard InChI is InChI=1S/C20H22N4O3S/c1-12(2)19(26)21-15-9-7-14(8-10-15)17(25)13(3)28-20-23-22-18(24(20)4)16-6-5-11-27-16/h5-13H,1-4H3,(H,21,26)/t13-/m1/s1. The number of hydrogen-bond acceptors (Lipinski definition) is 6. The Labute approximate surface area is 167 Å². The Morgan fingerprint density at radius 3 is 2.43 bits per heavy atom. The zero-order valence-corrected chi connectivity index (χ0v) is 17.0. The summed E-state index contributed by atoms with van der Waals surface area (Å²) < 4.78 is 7.16. The lowest BCUT2D eigenvalue weighted by Crippen LogP contribution is -2.18. The third-order valence-corrected chi connectivity index (χ3v) is 5.32. The molecule has 3 aromatic rings. The lowest BCUT2D eigenvalue weighted by molar-refractivity contribution is -0.118. The first kappa shape index (κ1) is 19.9. The van der Waals surface area contributed by atoms with Crippen LogP contribution in [0.15, 0.2) is 52.2 Å². The van der Waals surface area contributed by atoms with E-state index < -0.39 is 0 Å². The minimum Gasteiger partial charge on any atom is -0.461 e. The van der Waals surface area contributed by atoms with Crippen LogP contribution < -0.4 is 5.32 Å². The maximum absolute atomic E-state index is 12.8. The molecule has 8 heteroatoms. The van der Waals surface area contributed by atoms with Crippen molar-refractivity contribution in [3.05, 3.63) is 48.2 Å². The number of nitrogens with zero attached hydrogens (tertiary/aromatic N) is 3. The Bertz CT molecular complexity index is 962. The fourth-order valence-corrected chi connectivity index (χ4v) is 3.38. The minimum atomic E-state index is -0.344. The lowest BCUT2D eigenvalue weighted by Gasteiger charge is -2.11. The van der Waals surface area contributed by atoms with Crippen molar-refractivity contribution in [1.29, 1.82) is 0 Å². The molecule has 0 aliphatic heterocycles. The summed E-state index contributed by atoms with van der Waals surface area (Å²) in [4.78, 5) is 24.5. The fraction of sp³-hybridized carbons (Fsp3) is 0.300. The second-order valence-corrected chi connectivity index (χ2v) is 8.00. The van der Waals surface area contributed by atoms with Gasteiger partial charge in [0.15, 0.2) is 22.5 Å². The molecule has 0 saturated carbocycles. The summed E-state index contributed by atoms with van der Waals surface area (Å²) in [6.07, 6.45) is 1.58. The normalized spacial score (nSPS) is 12.2. The Balaban J connectivity index is 1.67. The first-order valence-electron chi connectivity index (χ1n) is 8.92. The van der Waals surface area contributed by atoms with Gasteiger partial charge in [-0.3, -0.25) is 9.59 Å². The third-order valence-electron chi connectivity index (χ3n) is 4.19. The van der Waals surface area contributed by atoms with E-state index in [0.29, 0.717) is 28.0 Å². The number of carbonyl (C=O) groups excluding carboxylic acids is 2. The lowest BCUT2D eigenvalue weighted by atomic mass is 10.1. The number of carbonyl (C=O) groups is 2. The van der Waals surface area contributed by atoms with Crippen LogP contribution in [0.4, 0.5) is 5.69 Å².